The van der Waals surface area contributed by atoms with Crippen molar-refractivity contribution >= 4 is 43.0 Å². The normalized spacial score (nSPS) is 20.1. The number of carbonyl (C=O) groups excluding carboxylic acids is 2. The molecular weight excluding hydrogens is 504 g/mol. The van der Waals surface area contributed by atoms with E-state index in [2.05, 4.69) is 10.6 Å². The molecule has 2 aromatic carbocycles. The maximum Gasteiger partial charge on any atom is 0.255 e. The first-order valence-electron chi connectivity index (χ1n) is 10.0. The molecule has 9 nitrogen and oxygen atoms in total. The van der Waals surface area contributed by atoms with Crippen LogP contribution in [-0.4, -0.2) is 39.7 Å². The van der Waals surface area contributed by atoms with Gasteiger partial charge in [-0.2, -0.15) is 4.72 Å². The lowest BCUT2D eigenvalue weighted by Gasteiger charge is -2.31. The van der Waals surface area contributed by atoms with Gasteiger partial charge in [0, 0.05) is 31.3 Å². The Morgan fingerprint density at radius 3 is 1.74 bits per heavy atom. The second-order valence-corrected chi connectivity index (χ2v) is 11.4. The molecule has 3 N–H and O–H groups in total. The molecule has 2 amide bonds. The first kappa shape index (κ1) is 26.2. The van der Waals surface area contributed by atoms with Crippen molar-refractivity contribution < 1.29 is 35.2 Å². The molecule has 1 aliphatic carbocycles. The Bertz CT molecular complexity index is 1420. The van der Waals surface area contributed by atoms with Gasteiger partial charge < -0.3 is 10.6 Å². The summed E-state index contributed by atoms with van der Waals surface area (Å²) in [7, 11) is -9.46. The summed E-state index contributed by atoms with van der Waals surface area (Å²) in [5.41, 5.74) is 0.554. The minimum absolute atomic E-state index is 0.192. The first-order valence-corrected chi connectivity index (χ1v) is 13.0. The zero-order valence-electron chi connectivity index (χ0n) is 18.5. The van der Waals surface area contributed by atoms with E-state index in [-0.39, 0.29) is 22.6 Å². The summed E-state index contributed by atoms with van der Waals surface area (Å²) < 4.78 is 84.2. The third-order valence-electron chi connectivity index (χ3n) is 4.87. The number of sulfone groups is 1. The Morgan fingerprint density at radius 1 is 0.829 bits per heavy atom. The van der Waals surface area contributed by atoms with Crippen molar-refractivity contribution in [3.63, 3.8) is 0 Å². The number of halogens is 2. The van der Waals surface area contributed by atoms with Gasteiger partial charge in [-0.05, 0) is 54.6 Å². The molecule has 0 heterocycles. The van der Waals surface area contributed by atoms with Crippen molar-refractivity contribution in [2.75, 3.05) is 10.6 Å². The van der Waals surface area contributed by atoms with Crippen molar-refractivity contribution in [1.82, 2.24) is 4.72 Å². The predicted octanol–water partition coefficient (Wildman–Crippen LogP) is 2.81. The molecule has 1 aliphatic rings. The smallest absolute Gasteiger partial charge is 0.255 e. The van der Waals surface area contributed by atoms with E-state index in [1.807, 2.05) is 4.72 Å². The van der Waals surface area contributed by atoms with E-state index >= 15 is 4.39 Å². The molecule has 13 heteroatoms. The number of hydrogen-bond donors (Lipinski definition) is 3. The van der Waals surface area contributed by atoms with Crippen LogP contribution < -0.4 is 15.4 Å². The van der Waals surface area contributed by atoms with Crippen molar-refractivity contribution in [2.24, 2.45) is 0 Å². The molecule has 0 aromatic heterocycles. The van der Waals surface area contributed by atoms with Gasteiger partial charge in [0.2, 0.25) is 31.7 Å². The minimum Gasteiger partial charge on any atom is -0.326 e. The Balaban J connectivity index is 1.95. The Morgan fingerprint density at radius 2 is 1.29 bits per heavy atom. The van der Waals surface area contributed by atoms with Crippen LogP contribution in [0, 0.1) is 0 Å². The van der Waals surface area contributed by atoms with Crippen molar-refractivity contribution in [1.29, 1.82) is 0 Å². The average molecular weight is 526 g/mol. The number of rotatable bonds is 7. The lowest BCUT2D eigenvalue weighted by atomic mass is 10.1. The molecule has 0 fully saturated rings. The van der Waals surface area contributed by atoms with Crippen LogP contribution in [0.3, 0.4) is 0 Å². The molecule has 2 aromatic rings. The van der Waals surface area contributed by atoms with Gasteiger partial charge in [-0.3, -0.25) is 9.59 Å². The van der Waals surface area contributed by atoms with Crippen molar-refractivity contribution in [2.45, 2.75) is 34.7 Å². The standard InChI is InChI=1S/C22H21F2N3O6S2/c1-14(28)25-17-4-8-19(9-5-17)34(30,31)22(24)13-16(23)3-12-21(22)27-35(32,33)20-10-6-18(7-11-20)26-15(2)29/h3-13,21,27H,1-2H3,(H,25,28)(H,26,29). The summed E-state index contributed by atoms with van der Waals surface area (Å²) in [6, 6.07) is 7.29. The van der Waals surface area contributed by atoms with Gasteiger partial charge in [-0.15, -0.1) is 0 Å². The van der Waals surface area contributed by atoms with Gasteiger partial charge in [0.05, 0.1) is 15.8 Å². The third kappa shape index (κ3) is 5.63. The lowest BCUT2D eigenvalue weighted by molar-refractivity contribution is -0.115. The van der Waals surface area contributed by atoms with E-state index in [4.69, 9.17) is 0 Å². The fraction of sp³-hybridized carbons (Fsp3) is 0.182. The first-order chi connectivity index (χ1) is 16.2. The van der Waals surface area contributed by atoms with Gasteiger partial charge in [0.1, 0.15) is 5.83 Å². The second kappa shape index (κ2) is 9.68. The maximum absolute atomic E-state index is 16.1. The number of amides is 2. The number of alkyl halides is 1. The van der Waals surface area contributed by atoms with E-state index in [1.165, 1.54) is 38.1 Å². The Labute approximate surface area is 200 Å². The number of sulfonamides is 1. The number of carbonyl (C=O) groups is 2. The predicted molar refractivity (Wildman–Crippen MR) is 125 cm³/mol. The largest absolute Gasteiger partial charge is 0.326 e. The molecule has 0 saturated carbocycles. The third-order valence-corrected chi connectivity index (χ3v) is 8.42. The maximum atomic E-state index is 16.1. The molecule has 0 bridgehead atoms. The van der Waals surface area contributed by atoms with Crippen molar-refractivity contribution in [3.8, 4) is 0 Å². The van der Waals surface area contributed by atoms with Crippen LogP contribution in [0.2, 0.25) is 0 Å². The number of nitrogens with one attached hydrogen (secondary N) is 3. The zero-order valence-corrected chi connectivity index (χ0v) is 20.1. The van der Waals surface area contributed by atoms with E-state index in [0.29, 0.717) is 5.69 Å². The number of benzene rings is 2. The zero-order chi connectivity index (χ0) is 26.0. The van der Waals surface area contributed by atoms with Crippen LogP contribution in [0.15, 0.2) is 82.4 Å². The molecule has 0 radical (unpaired) electrons. The summed E-state index contributed by atoms with van der Waals surface area (Å²) in [5, 5.41) is 1.37. The molecule has 35 heavy (non-hydrogen) atoms. The summed E-state index contributed by atoms with van der Waals surface area (Å²) in [6.45, 7) is 2.51. The van der Waals surface area contributed by atoms with Gasteiger partial charge in [0.25, 0.3) is 5.00 Å². The molecule has 186 valence electrons. The highest BCUT2D eigenvalue weighted by Gasteiger charge is 2.52. The monoisotopic (exact) mass is 525 g/mol. The van der Waals surface area contributed by atoms with Crippen molar-refractivity contribution in [3.05, 3.63) is 72.6 Å². The van der Waals surface area contributed by atoms with E-state index in [0.717, 1.165) is 36.4 Å². The minimum atomic E-state index is -4.99. The van der Waals surface area contributed by atoms with E-state index in [9.17, 15) is 30.8 Å². The van der Waals surface area contributed by atoms with E-state index < -0.39 is 47.5 Å². The lowest BCUT2D eigenvalue weighted by Crippen LogP contribution is -2.53. The molecule has 2 unspecified atom stereocenters. The molecular formula is C22H21F2N3O6S2. The van der Waals surface area contributed by atoms with Gasteiger partial charge in [-0.25, -0.2) is 25.6 Å². The molecule has 0 saturated heterocycles. The van der Waals surface area contributed by atoms with Crippen LogP contribution >= 0.6 is 0 Å². The molecule has 0 spiro atoms. The van der Waals surface area contributed by atoms with Crippen LogP contribution in [0.4, 0.5) is 20.2 Å². The second-order valence-electron chi connectivity index (χ2n) is 7.60. The quantitative estimate of drug-likeness (QED) is 0.508. The summed E-state index contributed by atoms with van der Waals surface area (Å²) in [5.74, 6) is -2.00. The highest BCUT2D eigenvalue weighted by molar-refractivity contribution is 7.93. The Hall–Kier alpha value is -3.42. The average Bonchev–Trinajstić information content (AvgIpc) is 2.75. The topological polar surface area (TPSA) is 139 Å². The number of hydrogen-bond acceptors (Lipinski definition) is 6. The highest BCUT2D eigenvalue weighted by Crippen LogP contribution is 2.37. The van der Waals surface area contributed by atoms with Crippen LogP contribution in [0.25, 0.3) is 0 Å². The van der Waals surface area contributed by atoms with E-state index in [1.54, 1.807) is 0 Å². The summed E-state index contributed by atoms with van der Waals surface area (Å²) in [6.07, 6.45) is 1.71. The highest BCUT2D eigenvalue weighted by atomic mass is 32.2. The number of allylic oxidation sites excluding steroid dienone is 2. The molecule has 0 aliphatic heterocycles. The fourth-order valence-electron chi connectivity index (χ4n) is 3.27. The molecule has 2 atom stereocenters. The van der Waals surface area contributed by atoms with Gasteiger partial charge in [0.15, 0.2) is 0 Å². The summed E-state index contributed by atoms with van der Waals surface area (Å²) >= 11 is 0. The SMILES string of the molecule is CC(=O)Nc1ccc(S(=O)(=O)NC2C=CC(F)=CC2(F)S(=O)(=O)c2ccc(NC(C)=O)cc2)cc1. The summed E-state index contributed by atoms with van der Waals surface area (Å²) in [4.78, 5) is 21.4. The number of anilines is 2. The Kier molecular flexibility index (Phi) is 7.24. The molecule has 3 rings (SSSR count). The van der Waals surface area contributed by atoms with Crippen LogP contribution in [-0.2, 0) is 29.4 Å². The van der Waals surface area contributed by atoms with Gasteiger partial charge >= 0.3 is 0 Å². The van der Waals surface area contributed by atoms with Crippen LogP contribution in [0.5, 0.6) is 0 Å². The van der Waals surface area contributed by atoms with Crippen LogP contribution in [0.1, 0.15) is 13.8 Å². The fourth-order valence-corrected chi connectivity index (χ4v) is 6.15. The van der Waals surface area contributed by atoms with Gasteiger partial charge in [-0.1, -0.05) is 6.08 Å².